The van der Waals surface area contributed by atoms with Crippen molar-refractivity contribution in [1.29, 1.82) is 0 Å². The third kappa shape index (κ3) is 12.2. The lowest BCUT2D eigenvalue weighted by atomic mass is 9.97. The standard InChI is InChI=1S/C31H44N6O8S/c1-18(2)25(36-27(41)22(46)14-16-37-23(38)12-13-24(37)39)28(42)35-21(7-6-15-33-30(32)44)26(40)34-20-10-8-19(9-11-20)17-45-29(43)31(3,4)5/h8-13,18,21-22,25,46H,6-7,14-17H2,1-5H3,(H,34,40)(H,35,42)(H,36,41)(H3,32,33,44)/t21?,22-,25+/m1/s1. The molecule has 1 aliphatic rings. The molecule has 1 unspecified atom stereocenters. The van der Waals surface area contributed by atoms with Gasteiger partial charge in [-0.1, -0.05) is 26.0 Å². The summed E-state index contributed by atoms with van der Waals surface area (Å²) in [5, 5.41) is 9.62. The Morgan fingerprint density at radius 3 is 2.07 bits per heavy atom. The number of esters is 1. The predicted molar refractivity (Wildman–Crippen MR) is 173 cm³/mol. The zero-order valence-corrected chi connectivity index (χ0v) is 27.6. The summed E-state index contributed by atoms with van der Waals surface area (Å²) in [6.45, 7) is 8.92. The first kappa shape index (κ1) is 37.8. The van der Waals surface area contributed by atoms with E-state index in [2.05, 4.69) is 33.9 Å². The lowest BCUT2D eigenvalue weighted by molar-refractivity contribution is -0.154. The molecule has 46 heavy (non-hydrogen) atoms. The van der Waals surface area contributed by atoms with Crippen LogP contribution in [0.5, 0.6) is 0 Å². The van der Waals surface area contributed by atoms with Gasteiger partial charge in [0.15, 0.2) is 0 Å². The van der Waals surface area contributed by atoms with E-state index in [1.165, 1.54) is 0 Å². The summed E-state index contributed by atoms with van der Waals surface area (Å²) in [5.41, 5.74) is 5.63. The van der Waals surface area contributed by atoms with Crippen LogP contribution in [-0.4, -0.2) is 76.9 Å². The van der Waals surface area contributed by atoms with E-state index in [1.807, 2.05) is 0 Å². The summed E-state index contributed by atoms with van der Waals surface area (Å²) >= 11 is 4.30. The molecule has 1 heterocycles. The Bertz CT molecular complexity index is 1310. The Kier molecular flexibility index (Phi) is 14.2. The first-order valence-electron chi connectivity index (χ1n) is 14.9. The van der Waals surface area contributed by atoms with Crippen LogP contribution in [0, 0.1) is 11.3 Å². The van der Waals surface area contributed by atoms with Crippen molar-refractivity contribution < 1.29 is 38.3 Å². The summed E-state index contributed by atoms with van der Waals surface area (Å²) in [6.07, 6.45) is 2.80. The van der Waals surface area contributed by atoms with E-state index in [1.54, 1.807) is 58.9 Å². The van der Waals surface area contributed by atoms with Gasteiger partial charge < -0.3 is 31.7 Å². The molecule has 0 radical (unpaired) electrons. The molecular formula is C31H44N6O8S. The topological polar surface area (TPSA) is 206 Å². The van der Waals surface area contributed by atoms with E-state index in [9.17, 15) is 33.6 Å². The van der Waals surface area contributed by atoms with Gasteiger partial charge >= 0.3 is 12.0 Å². The molecule has 252 valence electrons. The minimum absolute atomic E-state index is 0.0184. The maximum Gasteiger partial charge on any atom is 0.312 e. The molecule has 0 bridgehead atoms. The van der Waals surface area contributed by atoms with Crippen LogP contribution in [0.1, 0.15) is 59.4 Å². The van der Waals surface area contributed by atoms with Crippen molar-refractivity contribution in [3.05, 3.63) is 42.0 Å². The second-order valence-corrected chi connectivity index (χ2v) is 12.8. The number of thiol groups is 1. The SMILES string of the molecule is CC(C)[C@H](NC(=O)[C@H](S)CCN1C(=O)C=CC1=O)C(=O)NC(CCCNC(N)=O)C(=O)Nc1ccc(COC(=O)C(C)(C)C)cc1. The largest absolute Gasteiger partial charge is 0.460 e. The van der Waals surface area contributed by atoms with E-state index in [0.717, 1.165) is 17.1 Å². The van der Waals surface area contributed by atoms with E-state index >= 15 is 0 Å². The number of hydrogen-bond donors (Lipinski definition) is 6. The molecule has 3 atom stereocenters. The summed E-state index contributed by atoms with van der Waals surface area (Å²) < 4.78 is 5.32. The van der Waals surface area contributed by atoms with E-state index in [4.69, 9.17) is 10.5 Å². The Morgan fingerprint density at radius 1 is 0.913 bits per heavy atom. The van der Waals surface area contributed by atoms with Crippen LogP contribution in [-0.2, 0) is 40.1 Å². The molecule has 1 aromatic carbocycles. The summed E-state index contributed by atoms with van der Waals surface area (Å²) in [7, 11) is 0. The van der Waals surface area contributed by atoms with Gasteiger partial charge in [-0.2, -0.15) is 12.6 Å². The Balaban J connectivity index is 2.05. The van der Waals surface area contributed by atoms with Crippen molar-refractivity contribution in [2.45, 2.75) is 77.8 Å². The van der Waals surface area contributed by atoms with Crippen molar-refractivity contribution in [3.8, 4) is 0 Å². The molecule has 6 N–H and O–H groups in total. The number of carbonyl (C=O) groups excluding carboxylic acids is 7. The summed E-state index contributed by atoms with van der Waals surface area (Å²) in [5.74, 6) is -3.40. The molecule has 14 nitrogen and oxygen atoms in total. The van der Waals surface area contributed by atoms with Gasteiger partial charge in [0.25, 0.3) is 11.8 Å². The molecule has 0 saturated carbocycles. The number of primary amides is 1. The minimum atomic E-state index is -1.04. The quantitative estimate of drug-likeness (QED) is 0.0660. The molecular weight excluding hydrogens is 616 g/mol. The Hall–Kier alpha value is -4.40. The molecule has 1 aromatic rings. The van der Waals surface area contributed by atoms with Crippen molar-refractivity contribution >= 4 is 59.9 Å². The van der Waals surface area contributed by atoms with E-state index in [0.29, 0.717) is 17.7 Å². The number of amides is 7. The highest BCUT2D eigenvalue weighted by Gasteiger charge is 2.31. The normalized spacial score (nSPS) is 14.8. The minimum Gasteiger partial charge on any atom is -0.460 e. The van der Waals surface area contributed by atoms with Gasteiger partial charge in [-0.25, -0.2) is 4.79 Å². The number of rotatable bonds is 16. The number of anilines is 1. The monoisotopic (exact) mass is 660 g/mol. The highest BCUT2D eigenvalue weighted by Crippen LogP contribution is 2.18. The lowest BCUT2D eigenvalue weighted by Crippen LogP contribution is -2.55. The smallest absolute Gasteiger partial charge is 0.312 e. The maximum atomic E-state index is 13.4. The first-order chi connectivity index (χ1) is 21.5. The number of benzene rings is 1. The van der Waals surface area contributed by atoms with Crippen LogP contribution < -0.4 is 27.0 Å². The van der Waals surface area contributed by atoms with E-state index < -0.39 is 58.3 Å². The molecule has 0 saturated heterocycles. The zero-order valence-electron chi connectivity index (χ0n) is 26.8. The average molecular weight is 661 g/mol. The summed E-state index contributed by atoms with van der Waals surface area (Å²) in [6, 6.07) is 3.86. The van der Waals surface area contributed by atoms with E-state index in [-0.39, 0.29) is 44.4 Å². The van der Waals surface area contributed by atoms with Crippen LogP contribution in [0.15, 0.2) is 36.4 Å². The first-order valence-corrected chi connectivity index (χ1v) is 15.4. The van der Waals surface area contributed by atoms with Crippen molar-refractivity contribution in [3.63, 3.8) is 0 Å². The zero-order chi connectivity index (χ0) is 34.6. The van der Waals surface area contributed by atoms with Crippen LogP contribution in [0.2, 0.25) is 0 Å². The van der Waals surface area contributed by atoms with Gasteiger partial charge in [0.05, 0.1) is 10.7 Å². The highest BCUT2D eigenvalue weighted by atomic mass is 32.1. The third-order valence-corrected chi connectivity index (χ3v) is 7.37. The fourth-order valence-corrected chi connectivity index (χ4v) is 4.34. The molecule has 0 aromatic heterocycles. The predicted octanol–water partition coefficient (Wildman–Crippen LogP) is 1.40. The van der Waals surface area contributed by atoms with Crippen LogP contribution >= 0.6 is 12.6 Å². The number of imide groups is 1. The molecule has 15 heteroatoms. The number of carbonyl (C=O) groups is 7. The Morgan fingerprint density at radius 2 is 1.52 bits per heavy atom. The fraction of sp³-hybridized carbons (Fsp3) is 0.516. The molecule has 2 rings (SSSR count). The number of ether oxygens (including phenoxy) is 1. The Labute approximate surface area is 274 Å². The van der Waals surface area contributed by atoms with Gasteiger partial charge in [0.2, 0.25) is 17.7 Å². The van der Waals surface area contributed by atoms with Gasteiger partial charge in [0, 0.05) is 30.9 Å². The van der Waals surface area contributed by atoms with Crippen molar-refractivity contribution in [2.24, 2.45) is 17.1 Å². The van der Waals surface area contributed by atoms with Gasteiger partial charge in [0.1, 0.15) is 18.7 Å². The van der Waals surface area contributed by atoms with Crippen molar-refractivity contribution in [1.82, 2.24) is 20.9 Å². The molecule has 0 fully saturated rings. The van der Waals surface area contributed by atoms with Gasteiger partial charge in [-0.3, -0.25) is 33.7 Å². The molecule has 7 amide bonds. The average Bonchev–Trinajstić information content (AvgIpc) is 3.30. The number of nitrogens with two attached hydrogens (primary N) is 1. The molecule has 1 aliphatic heterocycles. The molecule has 0 spiro atoms. The van der Waals surface area contributed by atoms with Crippen molar-refractivity contribution in [2.75, 3.05) is 18.4 Å². The third-order valence-electron chi connectivity index (χ3n) is 6.88. The number of hydrogen-bond acceptors (Lipinski definition) is 9. The molecule has 0 aliphatic carbocycles. The summed E-state index contributed by atoms with van der Waals surface area (Å²) in [4.78, 5) is 87.3. The fourth-order valence-electron chi connectivity index (χ4n) is 4.15. The highest BCUT2D eigenvalue weighted by molar-refractivity contribution is 7.81. The van der Waals surface area contributed by atoms with Gasteiger partial charge in [-0.05, 0) is 63.6 Å². The van der Waals surface area contributed by atoms with Crippen LogP contribution in [0.3, 0.4) is 0 Å². The van der Waals surface area contributed by atoms with Crippen LogP contribution in [0.25, 0.3) is 0 Å². The number of nitrogens with zero attached hydrogens (tertiary/aromatic N) is 1. The second kappa shape index (κ2) is 17.3. The number of nitrogens with one attached hydrogen (secondary N) is 4. The van der Waals surface area contributed by atoms with Crippen LogP contribution in [0.4, 0.5) is 10.5 Å². The van der Waals surface area contributed by atoms with Gasteiger partial charge in [-0.15, -0.1) is 0 Å². The number of urea groups is 1. The maximum absolute atomic E-state index is 13.4. The second-order valence-electron chi connectivity index (χ2n) is 12.2. The lowest BCUT2D eigenvalue weighted by Gasteiger charge is -2.26.